The molecule has 1 N–H and O–H groups in total. The van der Waals surface area contributed by atoms with E-state index >= 15 is 0 Å². The fourth-order valence-electron chi connectivity index (χ4n) is 3.80. The summed E-state index contributed by atoms with van der Waals surface area (Å²) in [6, 6.07) is 13.6. The van der Waals surface area contributed by atoms with Gasteiger partial charge in [0.1, 0.15) is 17.9 Å². The molecular formula is C26H24ClN3O4. The topological polar surface area (TPSA) is 80.6 Å². The van der Waals surface area contributed by atoms with Crippen molar-refractivity contribution >= 4 is 41.2 Å². The van der Waals surface area contributed by atoms with Gasteiger partial charge in [0, 0.05) is 16.9 Å². The number of urea groups is 1. The fourth-order valence-corrected chi connectivity index (χ4v) is 3.98. The maximum Gasteiger partial charge on any atom is 0.335 e. The van der Waals surface area contributed by atoms with E-state index in [1.807, 2.05) is 49.7 Å². The van der Waals surface area contributed by atoms with E-state index in [0.717, 1.165) is 27.3 Å². The Morgan fingerprint density at radius 2 is 1.74 bits per heavy atom. The van der Waals surface area contributed by atoms with Crippen LogP contribution >= 0.6 is 11.6 Å². The number of amides is 4. The van der Waals surface area contributed by atoms with Crippen molar-refractivity contribution in [3.8, 4) is 5.75 Å². The number of nitrogens with zero attached hydrogens (tertiary/aromatic N) is 2. The van der Waals surface area contributed by atoms with Crippen LogP contribution in [0, 0.1) is 20.8 Å². The van der Waals surface area contributed by atoms with E-state index in [-0.39, 0.29) is 11.3 Å². The van der Waals surface area contributed by atoms with Crippen LogP contribution in [-0.2, 0) is 16.1 Å². The number of aromatic nitrogens is 1. The molecule has 174 valence electrons. The first-order valence-corrected chi connectivity index (χ1v) is 11.1. The number of aryl methyl sites for hydroxylation is 3. The van der Waals surface area contributed by atoms with Crippen molar-refractivity contribution in [3.63, 3.8) is 0 Å². The molecule has 1 saturated heterocycles. The average Bonchev–Trinajstić information content (AvgIpc) is 3.20. The van der Waals surface area contributed by atoms with Crippen LogP contribution in [0.3, 0.4) is 0 Å². The molecule has 0 spiro atoms. The fraction of sp³-hybridized carbons (Fsp3) is 0.192. The minimum absolute atomic E-state index is 0.147. The molecule has 4 rings (SSSR count). The van der Waals surface area contributed by atoms with Crippen molar-refractivity contribution in [3.05, 3.63) is 87.7 Å². The van der Waals surface area contributed by atoms with Crippen LogP contribution in [0.15, 0.2) is 60.3 Å². The second-order valence-corrected chi connectivity index (χ2v) is 8.60. The molecule has 7 nitrogen and oxygen atoms in total. The second-order valence-electron chi connectivity index (χ2n) is 8.19. The molecule has 1 fully saturated rings. The Bertz CT molecular complexity index is 1310. The number of hydrogen-bond donors (Lipinski definition) is 1. The minimum Gasteiger partial charge on any atom is -0.492 e. The van der Waals surface area contributed by atoms with Gasteiger partial charge in [0.05, 0.1) is 12.2 Å². The zero-order valence-corrected chi connectivity index (χ0v) is 19.8. The highest BCUT2D eigenvalue weighted by Crippen LogP contribution is 2.27. The highest BCUT2D eigenvalue weighted by atomic mass is 35.5. The van der Waals surface area contributed by atoms with Crippen LogP contribution in [0.25, 0.3) is 6.08 Å². The van der Waals surface area contributed by atoms with E-state index in [2.05, 4.69) is 11.4 Å². The van der Waals surface area contributed by atoms with Gasteiger partial charge in [-0.3, -0.25) is 14.9 Å². The van der Waals surface area contributed by atoms with Gasteiger partial charge in [0.25, 0.3) is 11.8 Å². The van der Waals surface area contributed by atoms with E-state index < -0.39 is 17.8 Å². The Balaban J connectivity index is 1.54. The summed E-state index contributed by atoms with van der Waals surface area (Å²) < 4.78 is 7.76. The second kappa shape index (κ2) is 9.57. The van der Waals surface area contributed by atoms with E-state index in [4.69, 9.17) is 16.3 Å². The maximum atomic E-state index is 13.1. The van der Waals surface area contributed by atoms with Crippen LogP contribution in [0.5, 0.6) is 5.75 Å². The van der Waals surface area contributed by atoms with E-state index in [9.17, 15) is 14.4 Å². The Kier molecular flexibility index (Phi) is 6.56. The lowest BCUT2D eigenvalue weighted by atomic mass is 10.1. The number of hydrogen-bond acceptors (Lipinski definition) is 4. The molecule has 8 heteroatoms. The molecule has 1 aliphatic heterocycles. The summed E-state index contributed by atoms with van der Waals surface area (Å²) in [4.78, 5) is 39.0. The number of ether oxygens (including phenoxy) is 1. The van der Waals surface area contributed by atoms with Gasteiger partial charge in [-0.15, -0.1) is 0 Å². The van der Waals surface area contributed by atoms with Gasteiger partial charge >= 0.3 is 6.03 Å². The number of anilines is 1. The van der Waals surface area contributed by atoms with Crippen LogP contribution in [0.4, 0.5) is 10.5 Å². The smallest absolute Gasteiger partial charge is 0.335 e. The molecule has 4 amide bonds. The highest BCUT2D eigenvalue weighted by Gasteiger charge is 2.37. The van der Waals surface area contributed by atoms with Gasteiger partial charge in [-0.05, 0) is 79.9 Å². The Hall–Kier alpha value is -3.84. The van der Waals surface area contributed by atoms with Crippen molar-refractivity contribution in [2.24, 2.45) is 0 Å². The maximum absolute atomic E-state index is 13.1. The van der Waals surface area contributed by atoms with Crippen molar-refractivity contribution in [2.75, 3.05) is 11.5 Å². The number of imide groups is 2. The van der Waals surface area contributed by atoms with E-state index in [0.29, 0.717) is 23.9 Å². The summed E-state index contributed by atoms with van der Waals surface area (Å²) in [6.07, 6.45) is 3.31. The van der Waals surface area contributed by atoms with Crippen molar-refractivity contribution < 1.29 is 19.1 Å². The first-order chi connectivity index (χ1) is 16.2. The molecule has 0 bridgehead atoms. The molecule has 0 aliphatic carbocycles. The number of barbiturate groups is 1. The van der Waals surface area contributed by atoms with Gasteiger partial charge in [-0.1, -0.05) is 23.7 Å². The van der Waals surface area contributed by atoms with Gasteiger partial charge in [0.2, 0.25) is 0 Å². The Labute approximate surface area is 202 Å². The molecule has 34 heavy (non-hydrogen) atoms. The van der Waals surface area contributed by atoms with Gasteiger partial charge in [0.15, 0.2) is 0 Å². The number of carbonyl (C=O) groups excluding carboxylic acids is 3. The zero-order chi connectivity index (χ0) is 24.4. The summed E-state index contributed by atoms with van der Waals surface area (Å²) >= 11 is 6.17. The molecule has 1 aliphatic rings. The minimum atomic E-state index is -0.815. The molecule has 0 saturated carbocycles. The molecule has 2 aromatic carbocycles. The van der Waals surface area contributed by atoms with Crippen LogP contribution < -0.4 is 15.0 Å². The number of carbonyl (C=O) groups is 3. The molecule has 2 heterocycles. The highest BCUT2D eigenvalue weighted by molar-refractivity contribution is 6.39. The number of nitrogens with one attached hydrogen (secondary N) is 1. The number of benzene rings is 2. The van der Waals surface area contributed by atoms with Crippen LogP contribution in [0.2, 0.25) is 5.02 Å². The molecule has 0 unspecified atom stereocenters. The van der Waals surface area contributed by atoms with Crippen LogP contribution in [0.1, 0.15) is 22.4 Å². The lowest BCUT2D eigenvalue weighted by molar-refractivity contribution is -0.122. The van der Waals surface area contributed by atoms with Gasteiger partial charge < -0.3 is 9.30 Å². The number of rotatable bonds is 6. The average molecular weight is 478 g/mol. The van der Waals surface area contributed by atoms with Crippen molar-refractivity contribution in [1.82, 2.24) is 9.88 Å². The summed E-state index contributed by atoms with van der Waals surface area (Å²) in [7, 11) is 0. The molecule has 3 aromatic rings. The normalized spacial score (nSPS) is 15.1. The van der Waals surface area contributed by atoms with E-state index in [1.165, 1.54) is 12.1 Å². The first-order valence-electron chi connectivity index (χ1n) is 10.8. The third kappa shape index (κ3) is 4.89. The van der Waals surface area contributed by atoms with Crippen LogP contribution in [-0.4, -0.2) is 29.0 Å². The molecule has 0 radical (unpaired) electrons. The quantitative estimate of drug-likeness (QED) is 0.408. The van der Waals surface area contributed by atoms with Crippen molar-refractivity contribution in [1.29, 1.82) is 0 Å². The summed E-state index contributed by atoms with van der Waals surface area (Å²) in [5, 5.41) is 2.65. The zero-order valence-electron chi connectivity index (χ0n) is 19.1. The monoisotopic (exact) mass is 477 g/mol. The predicted molar refractivity (Wildman–Crippen MR) is 131 cm³/mol. The summed E-state index contributed by atoms with van der Waals surface area (Å²) in [6.45, 7) is 6.75. The number of halogens is 1. The van der Waals surface area contributed by atoms with Gasteiger partial charge in [-0.25, -0.2) is 9.69 Å². The molecule has 1 aromatic heterocycles. The third-order valence-electron chi connectivity index (χ3n) is 5.47. The molecular weight excluding hydrogens is 454 g/mol. The standard InChI is InChI=1S/C26H24ClN3O4/c1-16-11-17(2)13-21(12-16)34-10-9-29-8-4-5-19(29)14-22-24(31)28-26(33)30(25(22)32)20-7-6-18(3)23(27)15-20/h4-8,11-15H,9-10H2,1-3H3,(H,28,31,33)/b22-14-. The Morgan fingerprint density at radius 1 is 1.00 bits per heavy atom. The lowest BCUT2D eigenvalue weighted by Gasteiger charge is -2.26. The summed E-state index contributed by atoms with van der Waals surface area (Å²) in [5.74, 6) is -0.672. The Morgan fingerprint density at radius 3 is 2.44 bits per heavy atom. The molecule has 0 atom stereocenters. The first kappa shape index (κ1) is 23.3. The lowest BCUT2D eigenvalue weighted by Crippen LogP contribution is -2.54. The van der Waals surface area contributed by atoms with Crippen molar-refractivity contribution in [2.45, 2.75) is 27.3 Å². The predicted octanol–water partition coefficient (Wildman–Crippen LogP) is 4.81. The largest absolute Gasteiger partial charge is 0.492 e. The SMILES string of the molecule is Cc1cc(C)cc(OCCn2cccc2/C=C2/C(=O)NC(=O)N(c3ccc(C)c(Cl)c3)C2=O)c1. The van der Waals surface area contributed by atoms with Gasteiger partial charge in [-0.2, -0.15) is 0 Å². The van der Waals surface area contributed by atoms with E-state index in [1.54, 1.807) is 18.2 Å². The third-order valence-corrected chi connectivity index (χ3v) is 5.88. The summed E-state index contributed by atoms with van der Waals surface area (Å²) in [5.41, 5.74) is 3.83.